The first-order valence-electron chi connectivity index (χ1n) is 6.20. The van der Waals surface area contributed by atoms with Crippen molar-refractivity contribution in [3.8, 4) is 0 Å². The molecule has 3 nitrogen and oxygen atoms in total. The van der Waals surface area contributed by atoms with Gasteiger partial charge in [-0.2, -0.15) is 0 Å². The number of nitrogens with two attached hydrogens (primary N) is 1. The molecule has 0 radical (unpaired) electrons. The second kappa shape index (κ2) is 5.34. The lowest BCUT2D eigenvalue weighted by molar-refractivity contribution is 0.444. The number of nitrogen functional groups attached to an aromatic ring is 1. The van der Waals surface area contributed by atoms with Crippen molar-refractivity contribution in [1.29, 1.82) is 5.39 Å². The molecule has 1 saturated carbocycles. The Morgan fingerprint density at radius 2 is 1.78 bits per heavy atom. The predicted molar refractivity (Wildman–Crippen MR) is 76.2 cm³/mol. The van der Waals surface area contributed by atoms with Gasteiger partial charge in [0.1, 0.15) is 0 Å². The van der Waals surface area contributed by atoms with E-state index in [0.29, 0.717) is 27.3 Å². The second-order valence-electron chi connectivity index (χ2n) is 4.86. The van der Waals surface area contributed by atoms with Crippen molar-refractivity contribution >= 4 is 34.6 Å². The Labute approximate surface area is 117 Å². The molecule has 1 fully saturated rings. The fourth-order valence-corrected chi connectivity index (χ4v) is 3.32. The monoisotopic (exact) mass is 284 g/mol. The predicted octanol–water partition coefficient (Wildman–Crippen LogP) is 5.42. The van der Waals surface area contributed by atoms with Gasteiger partial charge in [-0.25, -0.2) is 0 Å². The number of anilines is 1. The highest BCUT2D eigenvalue weighted by Crippen LogP contribution is 2.48. The standard InChI is InChI=1S/C13H16Cl2N3/c1-7-10(14)9(8-5-3-2-4-6-8)13(18-17)11(15)12(7)16/h8H,2-6,16H2,1H3/q+1. The third kappa shape index (κ3) is 2.15. The molecule has 1 aromatic rings. The minimum absolute atomic E-state index is 0.306. The zero-order chi connectivity index (χ0) is 13.3. The summed E-state index contributed by atoms with van der Waals surface area (Å²) < 4.78 is 0. The van der Waals surface area contributed by atoms with Crippen LogP contribution in [0.5, 0.6) is 0 Å². The summed E-state index contributed by atoms with van der Waals surface area (Å²) in [5, 5.41) is 10.1. The van der Waals surface area contributed by atoms with Gasteiger partial charge in [0.25, 0.3) is 0 Å². The van der Waals surface area contributed by atoms with E-state index in [4.69, 9.17) is 28.9 Å². The van der Waals surface area contributed by atoms with Gasteiger partial charge in [0.15, 0.2) is 10.00 Å². The number of hydrogen-bond acceptors (Lipinski definition) is 2. The summed E-state index contributed by atoms with van der Waals surface area (Å²) in [6.07, 6.45) is 5.71. The number of diazo groups is 1. The number of nitrogens with zero attached hydrogens (tertiary/aromatic N) is 2. The zero-order valence-electron chi connectivity index (χ0n) is 10.3. The first-order chi connectivity index (χ1) is 8.57. The lowest BCUT2D eigenvalue weighted by Crippen LogP contribution is -2.07. The Kier molecular flexibility index (Phi) is 3.99. The molecule has 18 heavy (non-hydrogen) atoms. The first-order valence-corrected chi connectivity index (χ1v) is 6.95. The summed E-state index contributed by atoms with van der Waals surface area (Å²) in [4.78, 5) is 3.31. The van der Waals surface area contributed by atoms with Crippen LogP contribution in [0, 0.1) is 12.3 Å². The molecular formula is C13H16Cl2N3+. The van der Waals surface area contributed by atoms with Crippen molar-refractivity contribution in [3.05, 3.63) is 26.1 Å². The highest BCUT2D eigenvalue weighted by molar-refractivity contribution is 6.39. The number of benzene rings is 1. The van der Waals surface area contributed by atoms with Gasteiger partial charge >= 0.3 is 5.69 Å². The van der Waals surface area contributed by atoms with Crippen LogP contribution in [-0.4, -0.2) is 0 Å². The zero-order valence-corrected chi connectivity index (χ0v) is 11.9. The van der Waals surface area contributed by atoms with E-state index in [9.17, 15) is 5.39 Å². The molecule has 1 aliphatic carbocycles. The average molecular weight is 285 g/mol. The Hall–Kier alpha value is -0.980. The molecule has 0 atom stereocenters. The average Bonchev–Trinajstić information content (AvgIpc) is 2.41. The summed E-state index contributed by atoms with van der Waals surface area (Å²) in [7, 11) is 0. The topological polar surface area (TPSA) is 54.2 Å². The largest absolute Gasteiger partial charge is 0.410 e. The van der Waals surface area contributed by atoms with Crippen molar-refractivity contribution in [3.63, 3.8) is 0 Å². The Morgan fingerprint density at radius 3 is 2.33 bits per heavy atom. The fourth-order valence-electron chi connectivity index (χ4n) is 2.70. The molecule has 0 heterocycles. The van der Waals surface area contributed by atoms with Crippen LogP contribution in [0.25, 0.3) is 4.98 Å². The first kappa shape index (κ1) is 13.5. The van der Waals surface area contributed by atoms with Gasteiger partial charge in [-0.15, -0.1) is 0 Å². The molecule has 0 amide bonds. The van der Waals surface area contributed by atoms with E-state index in [-0.39, 0.29) is 0 Å². The Bertz CT molecular complexity index is 514. The minimum atomic E-state index is 0.306. The molecular weight excluding hydrogens is 269 g/mol. The van der Waals surface area contributed by atoms with Crippen molar-refractivity contribution in [2.24, 2.45) is 0 Å². The number of hydrogen-bond donors (Lipinski definition) is 1. The van der Waals surface area contributed by atoms with Crippen molar-refractivity contribution in [2.75, 3.05) is 5.73 Å². The molecule has 0 aromatic heterocycles. The molecule has 0 unspecified atom stereocenters. The maximum absolute atomic E-state index is 9.20. The highest BCUT2D eigenvalue weighted by atomic mass is 35.5. The maximum Gasteiger partial charge on any atom is 0.410 e. The molecule has 0 bridgehead atoms. The van der Waals surface area contributed by atoms with Crippen LogP contribution >= 0.6 is 23.2 Å². The van der Waals surface area contributed by atoms with Crippen molar-refractivity contribution < 1.29 is 0 Å². The number of rotatable bonds is 1. The van der Waals surface area contributed by atoms with E-state index >= 15 is 0 Å². The summed E-state index contributed by atoms with van der Waals surface area (Å²) in [5.74, 6) is 0.314. The van der Waals surface area contributed by atoms with Gasteiger partial charge in [0.2, 0.25) is 5.39 Å². The van der Waals surface area contributed by atoms with Gasteiger partial charge in [0.05, 0.1) is 16.3 Å². The van der Waals surface area contributed by atoms with E-state index in [1.54, 1.807) is 0 Å². The SMILES string of the molecule is Cc1c(N)c(Cl)c([N+]#N)c(C2CCCCC2)c1Cl. The van der Waals surface area contributed by atoms with Gasteiger partial charge in [0, 0.05) is 0 Å². The van der Waals surface area contributed by atoms with Gasteiger partial charge < -0.3 is 5.73 Å². The second-order valence-corrected chi connectivity index (χ2v) is 5.62. The van der Waals surface area contributed by atoms with E-state index in [1.165, 1.54) is 19.3 Å². The van der Waals surface area contributed by atoms with E-state index < -0.39 is 0 Å². The number of halogens is 2. The Morgan fingerprint density at radius 1 is 1.17 bits per heavy atom. The van der Waals surface area contributed by atoms with Crippen molar-refractivity contribution in [2.45, 2.75) is 44.9 Å². The van der Waals surface area contributed by atoms with Crippen LogP contribution in [0.3, 0.4) is 0 Å². The summed E-state index contributed by atoms with van der Waals surface area (Å²) in [6.45, 7) is 1.84. The van der Waals surface area contributed by atoms with E-state index in [2.05, 4.69) is 4.98 Å². The fraction of sp³-hybridized carbons (Fsp3) is 0.538. The normalized spacial score (nSPS) is 16.6. The lowest BCUT2D eigenvalue weighted by Gasteiger charge is -2.22. The van der Waals surface area contributed by atoms with Gasteiger partial charge in [-0.1, -0.05) is 42.5 Å². The third-order valence-corrected chi connectivity index (χ3v) is 4.65. The molecule has 0 saturated heterocycles. The molecule has 1 aliphatic rings. The van der Waals surface area contributed by atoms with E-state index in [1.807, 2.05) is 6.92 Å². The molecule has 96 valence electrons. The highest BCUT2D eigenvalue weighted by Gasteiger charge is 2.33. The molecule has 0 aliphatic heterocycles. The summed E-state index contributed by atoms with van der Waals surface area (Å²) in [6, 6.07) is 0. The van der Waals surface area contributed by atoms with Crippen LogP contribution < -0.4 is 5.73 Å². The molecule has 2 rings (SSSR count). The lowest BCUT2D eigenvalue weighted by atomic mass is 9.82. The third-order valence-electron chi connectivity index (χ3n) is 3.78. The van der Waals surface area contributed by atoms with Crippen molar-refractivity contribution in [1.82, 2.24) is 0 Å². The van der Waals surface area contributed by atoms with Crippen LogP contribution in [0.4, 0.5) is 11.4 Å². The maximum atomic E-state index is 9.20. The summed E-state index contributed by atoms with van der Waals surface area (Å²) >= 11 is 12.5. The molecule has 5 heteroatoms. The van der Waals surface area contributed by atoms with E-state index in [0.717, 1.165) is 24.0 Å². The summed E-state index contributed by atoms with van der Waals surface area (Å²) in [5.41, 5.74) is 8.24. The minimum Gasteiger partial charge on any atom is -0.397 e. The quantitative estimate of drug-likeness (QED) is 0.553. The van der Waals surface area contributed by atoms with Crippen LogP contribution in [-0.2, 0) is 0 Å². The van der Waals surface area contributed by atoms with Crippen LogP contribution in [0.15, 0.2) is 0 Å². The van der Waals surface area contributed by atoms with Gasteiger partial charge in [-0.05, 0) is 31.2 Å². The smallest absolute Gasteiger partial charge is 0.397 e. The van der Waals surface area contributed by atoms with Crippen LogP contribution in [0.1, 0.15) is 49.1 Å². The van der Waals surface area contributed by atoms with Gasteiger partial charge in [-0.3, -0.25) is 0 Å². The Balaban J connectivity index is 2.61. The van der Waals surface area contributed by atoms with Crippen LogP contribution in [0.2, 0.25) is 10.0 Å². The molecule has 0 spiro atoms. The molecule has 2 N–H and O–H groups in total. The molecule has 1 aromatic carbocycles.